The number of carbonyl (C=O) groups is 1. The molecule has 244 valence electrons. The third kappa shape index (κ3) is 7.62. The van der Waals surface area contributed by atoms with E-state index < -0.39 is 10.0 Å². The van der Waals surface area contributed by atoms with E-state index in [1.165, 1.54) is 12.1 Å². The van der Waals surface area contributed by atoms with Crippen molar-refractivity contribution in [1.82, 2.24) is 14.5 Å². The van der Waals surface area contributed by atoms with Gasteiger partial charge in [0.1, 0.15) is 0 Å². The molecule has 11 heteroatoms. The van der Waals surface area contributed by atoms with Gasteiger partial charge in [-0.2, -0.15) is 0 Å². The first-order valence-electron chi connectivity index (χ1n) is 16.1. The Labute approximate surface area is 272 Å². The number of nitrogens with one attached hydrogen (secondary N) is 3. The van der Waals surface area contributed by atoms with Crippen molar-refractivity contribution in [2.45, 2.75) is 30.2 Å². The lowest BCUT2D eigenvalue weighted by Crippen LogP contribution is -2.46. The minimum atomic E-state index is -3.80. The number of piperazine rings is 1. The minimum absolute atomic E-state index is 0.126. The molecule has 2 fully saturated rings. The molecular weight excluding hydrogens is 600 g/mol. The molecule has 0 saturated carbocycles. The zero-order chi connectivity index (χ0) is 32.1. The molecule has 0 aromatic heterocycles. The Balaban J connectivity index is 1.23. The molecule has 2 saturated heterocycles. The molecule has 0 aliphatic carbocycles. The summed E-state index contributed by atoms with van der Waals surface area (Å²) in [5.41, 5.74) is 4.97. The van der Waals surface area contributed by atoms with Crippen molar-refractivity contribution in [3.8, 4) is 0 Å². The maximum absolute atomic E-state index is 13.5. The van der Waals surface area contributed by atoms with Crippen molar-refractivity contribution in [3.63, 3.8) is 0 Å². The van der Waals surface area contributed by atoms with Crippen molar-refractivity contribution >= 4 is 44.3 Å². The molecule has 3 aliphatic rings. The fourth-order valence-electron chi connectivity index (χ4n) is 6.29. The third-order valence-electron chi connectivity index (χ3n) is 8.86. The van der Waals surface area contributed by atoms with Crippen LogP contribution in [0.5, 0.6) is 0 Å². The van der Waals surface area contributed by atoms with Crippen LogP contribution in [-0.4, -0.2) is 96.7 Å². The standard InChI is InChI=1S/C35H44N6O4S/c1-39(2)17-6-18-40-19-21-41(22-20-40)29-11-9-27(10-12-29)36-34(26-7-4-3-5-8-26)33-31-25-30(13-14-32(31)37-35(33)42)46(43,44)38-28-15-23-45-24-16-28/h3-5,7-14,25,28,36,38H,6,15-24H2,1-2H3,(H,37,42)/b34-33-. The van der Waals surface area contributed by atoms with E-state index in [9.17, 15) is 13.2 Å². The first-order chi connectivity index (χ1) is 22.3. The molecule has 46 heavy (non-hydrogen) atoms. The Morgan fingerprint density at radius 2 is 1.67 bits per heavy atom. The number of sulfonamides is 1. The number of hydrogen-bond donors (Lipinski definition) is 3. The maximum atomic E-state index is 13.5. The molecule has 10 nitrogen and oxygen atoms in total. The van der Waals surface area contributed by atoms with Crippen LogP contribution >= 0.6 is 0 Å². The van der Waals surface area contributed by atoms with Gasteiger partial charge in [-0.05, 0) is 94.5 Å². The normalized spacial score (nSPS) is 18.8. The van der Waals surface area contributed by atoms with Crippen LogP contribution in [0.15, 0.2) is 77.7 Å². The summed E-state index contributed by atoms with van der Waals surface area (Å²) in [6, 6.07) is 22.6. The minimum Gasteiger partial charge on any atom is -0.381 e. The maximum Gasteiger partial charge on any atom is 0.258 e. The summed E-state index contributed by atoms with van der Waals surface area (Å²) in [5.74, 6) is -0.284. The van der Waals surface area contributed by atoms with Crippen molar-refractivity contribution < 1.29 is 17.9 Å². The molecule has 0 atom stereocenters. The smallest absolute Gasteiger partial charge is 0.258 e. The summed E-state index contributed by atoms with van der Waals surface area (Å²) < 4.78 is 35.0. The average Bonchev–Trinajstić information content (AvgIpc) is 3.39. The predicted octanol–water partition coefficient (Wildman–Crippen LogP) is 4.15. The van der Waals surface area contributed by atoms with E-state index in [0.29, 0.717) is 48.6 Å². The lowest BCUT2D eigenvalue weighted by atomic mass is 10.00. The molecule has 1 amide bonds. The van der Waals surface area contributed by atoms with Crippen LogP contribution in [0.1, 0.15) is 30.4 Å². The number of benzene rings is 3. The third-order valence-corrected chi connectivity index (χ3v) is 10.4. The SMILES string of the molecule is CN(C)CCCN1CCN(c2ccc(N/C(=C3\C(=O)Nc4ccc(S(=O)(=O)NC5CCOCC5)cc43)c3ccccc3)cc2)CC1. The Kier molecular flexibility index (Phi) is 10.1. The summed E-state index contributed by atoms with van der Waals surface area (Å²) in [6.07, 6.45) is 2.44. The van der Waals surface area contributed by atoms with E-state index >= 15 is 0 Å². The molecule has 3 N–H and O–H groups in total. The van der Waals surface area contributed by atoms with E-state index in [1.807, 2.05) is 42.5 Å². The summed E-state index contributed by atoms with van der Waals surface area (Å²) in [5, 5.41) is 6.45. The van der Waals surface area contributed by atoms with Gasteiger partial charge in [-0.25, -0.2) is 13.1 Å². The van der Waals surface area contributed by atoms with Gasteiger partial charge in [-0.1, -0.05) is 30.3 Å². The molecular formula is C35H44N6O4S. The quantitative estimate of drug-likeness (QED) is 0.268. The number of ether oxygens (including phenoxy) is 1. The largest absolute Gasteiger partial charge is 0.381 e. The second-order valence-electron chi connectivity index (χ2n) is 12.4. The highest BCUT2D eigenvalue weighted by Crippen LogP contribution is 2.39. The van der Waals surface area contributed by atoms with E-state index in [-0.39, 0.29) is 16.8 Å². The molecule has 6 rings (SSSR count). The Morgan fingerprint density at radius 1 is 0.957 bits per heavy atom. The summed E-state index contributed by atoms with van der Waals surface area (Å²) in [6.45, 7) is 7.37. The lowest BCUT2D eigenvalue weighted by Gasteiger charge is -2.36. The van der Waals surface area contributed by atoms with Gasteiger partial charge in [0, 0.05) is 68.1 Å². The number of amides is 1. The van der Waals surface area contributed by atoms with Crippen molar-refractivity contribution in [3.05, 3.63) is 83.9 Å². The number of anilines is 3. The highest BCUT2D eigenvalue weighted by molar-refractivity contribution is 7.89. The van der Waals surface area contributed by atoms with Crippen LogP contribution in [0.3, 0.4) is 0 Å². The topological polar surface area (TPSA) is 106 Å². The number of hydrogen-bond acceptors (Lipinski definition) is 8. The number of carbonyl (C=O) groups excluding carboxylic acids is 1. The van der Waals surface area contributed by atoms with Gasteiger partial charge in [-0.3, -0.25) is 9.69 Å². The van der Waals surface area contributed by atoms with Gasteiger partial charge in [-0.15, -0.1) is 0 Å². The van der Waals surface area contributed by atoms with Crippen LogP contribution < -0.4 is 20.3 Å². The van der Waals surface area contributed by atoms with Crippen molar-refractivity contribution in [2.24, 2.45) is 0 Å². The highest BCUT2D eigenvalue weighted by Gasteiger charge is 2.31. The molecule has 3 aromatic carbocycles. The molecule has 0 unspecified atom stereocenters. The Hall–Kier alpha value is -3.74. The fourth-order valence-corrected chi connectivity index (χ4v) is 7.62. The van der Waals surface area contributed by atoms with Gasteiger partial charge in [0.2, 0.25) is 10.0 Å². The van der Waals surface area contributed by atoms with E-state index in [1.54, 1.807) is 18.2 Å². The second-order valence-corrected chi connectivity index (χ2v) is 14.2. The number of nitrogens with zero attached hydrogens (tertiary/aromatic N) is 3. The Bertz CT molecular complexity index is 1650. The number of rotatable bonds is 11. The van der Waals surface area contributed by atoms with Crippen molar-refractivity contribution in [1.29, 1.82) is 0 Å². The van der Waals surface area contributed by atoms with Gasteiger partial charge in [0.15, 0.2) is 0 Å². The lowest BCUT2D eigenvalue weighted by molar-refractivity contribution is -0.110. The number of fused-ring (bicyclic) bond motifs is 1. The van der Waals surface area contributed by atoms with E-state index in [4.69, 9.17) is 4.74 Å². The van der Waals surface area contributed by atoms with Gasteiger partial charge < -0.3 is 25.2 Å². The molecule has 3 heterocycles. The first-order valence-corrected chi connectivity index (χ1v) is 17.6. The van der Waals surface area contributed by atoms with E-state index in [0.717, 1.165) is 50.5 Å². The van der Waals surface area contributed by atoms with Crippen LogP contribution in [0.25, 0.3) is 11.3 Å². The predicted molar refractivity (Wildman–Crippen MR) is 184 cm³/mol. The molecule has 3 aliphatic heterocycles. The molecule has 0 bridgehead atoms. The molecule has 0 spiro atoms. The summed E-state index contributed by atoms with van der Waals surface area (Å²) >= 11 is 0. The summed E-state index contributed by atoms with van der Waals surface area (Å²) in [4.78, 5) is 20.8. The van der Waals surface area contributed by atoms with Crippen LogP contribution in [-0.2, 0) is 19.6 Å². The van der Waals surface area contributed by atoms with Gasteiger partial charge in [0.25, 0.3) is 5.91 Å². The van der Waals surface area contributed by atoms with Crippen molar-refractivity contribution in [2.75, 3.05) is 82.1 Å². The van der Waals surface area contributed by atoms with Gasteiger partial charge >= 0.3 is 0 Å². The zero-order valence-electron chi connectivity index (χ0n) is 26.7. The fraction of sp³-hybridized carbons (Fsp3) is 0.400. The average molecular weight is 645 g/mol. The van der Waals surface area contributed by atoms with Crippen LogP contribution in [0.4, 0.5) is 17.1 Å². The molecule has 3 aromatic rings. The Morgan fingerprint density at radius 3 is 2.37 bits per heavy atom. The zero-order valence-corrected chi connectivity index (χ0v) is 27.5. The van der Waals surface area contributed by atoms with E-state index in [2.05, 4.69) is 56.3 Å². The summed E-state index contributed by atoms with van der Waals surface area (Å²) in [7, 11) is 0.441. The highest BCUT2D eigenvalue weighted by atomic mass is 32.2. The monoisotopic (exact) mass is 644 g/mol. The molecule has 0 radical (unpaired) electrons. The van der Waals surface area contributed by atoms with Crippen LogP contribution in [0.2, 0.25) is 0 Å². The second kappa shape index (κ2) is 14.4. The van der Waals surface area contributed by atoms with Crippen LogP contribution in [0, 0.1) is 0 Å². The van der Waals surface area contributed by atoms with Gasteiger partial charge in [0.05, 0.1) is 16.2 Å². The first kappa shape index (κ1) is 32.2.